The van der Waals surface area contributed by atoms with Gasteiger partial charge in [0.2, 0.25) is 5.78 Å². The molecule has 4 nitrogen and oxygen atoms in total. The SMILES string of the molecule is O=C1CCCCC1N1Cc2cc(CCC(=O)C(F)(F)c3c(F)cccc3F)ccc2C1O. The van der Waals surface area contributed by atoms with Crippen molar-refractivity contribution in [1.29, 1.82) is 0 Å². The maximum Gasteiger partial charge on any atom is 0.336 e. The van der Waals surface area contributed by atoms with Gasteiger partial charge in [-0.15, -0.1) is 0 Å². The number of hydrogen-bond donors (Lipinski definition) is 1. The first-order valence-electron chi connectivity index (χ1n) is 10.6. The van der Waals surface area contributed by atoms with Crippen LogP contribution in [0, 0.1) is 11.6 Å². The van der Waals surface area contributed by atoms with Gasteiger partial charge in [-0.2, -0.15) is 8.78 Å². The quantitative estimate of drug-likeness (QED) is 0.657. The molecular formula is C24H23F4NO3. The number of nitrogens with zero attached hydrogens (tertiary/aromatic N) is 1. The van der Waals surface area contributed by atoms with E-state index in [1.54, 1.807) is 23.1 Å². The smallest absolute Gasteiger partial charge is 0.336 e. The number of alkyl halides is 2. The number of aliphatic hydroxyl groups is 1. The molecule has 2 aromatic carbocycles. The average molecular weight is 449 g/mol. The molecule has 0 bridgehead atoms. The summed E-state index contributed by atoms with van der Waals surface area (Å²) in [5, 5.41) is 10.7. The molecule has 1 N–H and O–H groups in total. The third-order valence-electron chi connectivity index (χ3n) is 6.34. The second-order valence-electron chi connectivity index (χ2n) is 8.40. The summed E-state index contributed by atoms with van der Waals surface area (Å²) in [7, 11) is 0. The molecule has 0 radical (unpaired) electrons. The van der Waals surface area contributed by atoms with Crippen molar-refractivity contribution in [2.24, 2.45) is 0 Å². The molecule has 4 rings (SSSR count). The summed E-state index contributed by atoms with van der Waals surface area (Å²) in [4.78, 5) is 26.2. The van der Waals surface area contributed by atoms with Gasteiger partial charge in [-0.05, 0) is 48.1 Å². The number of halogens is 4. The monoisotopic (exact) mass is 449 g/mol. The summed E-state index contributed by atoms with van der Waals surface area (Å²) in [6, 6.07) is 7.01. The zero-order valence-electron chi connectivity index (χ0n) is 17.3. The van der Waals surface area contributed by atoms with Gasteiger partial charge in [0.05, 0.1) is 6.04 Å². The van der Waals surface area contributed by atoms with Crippen molar-refractivity contribution in [3.05, 3.63) is 70.3 Å². The summed E-state index contributed by atoms with van der Waals surface area (Å²) in [6.45, 7) is 0.352. The lowest BCUT2D eigenvalue weighted by atomic mass is 9.93. The summed E-state index contributed by atoms with van der Waals surface area (Å²) in [5.41, 5.74) is 0.478. The first-order valence-corrected chi connectivity index (χ1v) is 10.6. The number of carbonyl (C=O) groups excluding carboxylic acids is 2. The van der Waals surface area contributed by atoms with Crippen molar-refractivity contribution in [3.63, 3.8) is 0 Å². The standard InChI is InChI=1S/C24H23F4NO3/c25-17-4-3-5-18(26)22(17)24(27,28)21(31)11-9-14-8-10-16-15(12-14)13-29(23(16)32)19-6-1-2-7-20(19)30/h3-5,8,10,12,19,23,32H,1-2,6-7,9,11,13H2. The van der Waals surface area contributed by atoms with Gasteiger partial charge in [-0.1, -0.05) is 30.7 Å². The Morgan fingerprint density at radius 2 is 1.84 bits per heavy atom. The number of aliphatic hydroxyl groups excluding tert-OH is 1. The van der Waals surface area contributed by atoms with Gasteiger partial charge in [0.15, 0.2) is 0 Å². The number of benzene rings is 2. The summed E-state index contributed by atoms with van der Waals surface area (Å²) in [6.07, 6.45) is 1.39. The van der Waals surface area contributed by atoms with Crippen LogP contribution in [0.2, 0.25) is 0 Å². The van der Waals surface area contributed by atoms with E-state index in [2.05, 4.69) is 0 Å². The highest BCUT2D eigenvalue weighted by atomic mass is 19.3. The molecule has 32 heavy (non-hydrogen) atoms. The van der Waals surface area contributed by atoms with Gasteiger partial charge in [-0.25, -0.2) is 8.78 Å². The molecule has 8 heteroatoms. The molecule has 1 aliphatic heterocycles. The largest absolute Gasteiger partial charge is 0.374 e. The van der Waals surface area contributed by atoms with Gasteiger partial charge in [-0.3, -0.25) is 14.5 Å². The Hall–Kier alpha value is -2.58. The number of hydrogen-bond acceptors (Lipinski definition) is 4. The maximum atomic E-state index is 14.4. The van der Waals surface area contributed by atoms with Crippen LogP contribution in [-0.2, 0) is 28.5 Å². The Kier molecular flexibility index (Phi) is 6.18. The Morgan fingerprint density at radius 3 is 2.53 bits per heavy atom. The lowest BCUT2D eigenvalue weighted by Gasteiger charge is -2.32. The van der Waals surface area contributed by atoms with Crippen LogP contribution in [0.1, 0.15) is 60.6 Å². The highest BCUT2D eigenvalue weighted by molar-refractivity contribution is 5.87. The van der Waals surface area contributed by atoms with Crippen LogP contribution in [0.15, 0.2) is 36.4 Å². The van der Waals surface area contributed by atoms with Crippen molar-refractivity contribution < 1.29 is 32.3 Å². The fourth-order valence-corrected chi connectivity index (χ4v) is 4.61. The molecule has 1 heterocycles. The minimum atomic E-state index is -4.28. The third kappa shape index (κ3) is 4.09. The minimum Gasteiger partial charge on any atom is -0.374 e. The van der Waals surface area contributed by atoms with E-state index in [4.69, 9.17) is 0 Å². The topological polar surface area (TPSA) is 57.6 Å². The van der Waals surface area contributed by atoms with Crippen molar-refractivity contribution in [2.75, 3.05) is 0 Å². The highest BCUT2D eigenvalue weighted by Gasteiger charge is 2.44. The molecule has 1 saturated carbocycles. The third-order valence-corrected chi connectivity index (χ3v) is 6.34. The number of rotatable bonds is 6. The molecule has 170 valence electrons. The van der Waals surface area contributed by atoms with E-state index in [9.17, 15) is 32.3 Å². The molecule has 0 spiro atoms. The summed E-state index contributed by atoms with van der Waals surface area (Å²) >= 11 is 0. The van der Waals surface area contributed by atoms with Crippen LogP contribution >= 0.6 is 0 Å². The Balaban J connectivity index is 1.46. The van der Waals surface area contributed by atoms with E-state index in [0.717, 1.165) is 24.5 Å². The highest BCUT2D eigenvalue weighted by Crippen LogP contribution is 2.38. The second-order valence-corrected chi connectivity index (χ2v) is 8.40. The maximum absolute atomic E-state index is 14.4. The molecule has 2 aromatic rings. The zero-order valence-corrected chi connectivity index (χ0v) is 17.3. The molecule has 2 unspecified atom stereocenters. The molecular weight excluding hydrogens is 426 g/mol. The van der Waals surface area contributed by atoms with Crippen LogP contribution in [-0.4, -0.2) is 27.6 Å². The first-order chi connectivity index (χ1) is 15.2. The fourth-order valence-electron chi connectivity index (χ4n) is 4.61. The molecule has 0 aromatic heterocycles. The van der Waals surface area contributed by atoms with E-state index < -0.39 is 41.6 Å². The number of fused-ring (bicyclic) bond motifs is 1. The van der Waals surface area contributed by atoms with Crippen LogP contribution < -0.4 is 0 Å². The Bertz CT molecular complexity index is 1040. The number of ketones is 2. The van der Waals surface area contributed by atoms with E-state index in [0.29, 0.717) is 42.6 Å². The Morgan fingerprint density at radius 1 is 1.12 bits per heavy atom. The van der Waals surface area contributed by atoms with E-state index in [-0.39, 0.29) is 18.2 Å². The van der Waals surface area contributed by atoms with Gasteiger partial charge >= 0.3 is 5.92 Å². The van der Waals surface area contributed by atoms with Crippen molar-refractivity contribution >= 4 is 11.6 Å². The van der Waals surface area contributed by atoms with Gasteiger partial charge in [0, 0.05) is 19.4 Å². The predicted molar refractivity (Wildman–Crippen MR) is 108 cm³/mol. The molecule has 0 amide bonds. The van der Waals surface area contributed by atoms with Crippen LogP contribution in [0.5, 0.6) is 0 Å². The van der Waals surface area contributed by atoms with E-state index >= 15 is 0 Å². The van der Waals surface area contributed by atoms with E-state index in [1.165, 1.54) is 0 Å². The average Bonchev–Trinajstić information content (AvgIpc) is 3.07. The van der Waals surface area contributed by atoms with Gasteiger partial charge in [0.25, 0.3) is 0 Å². The summed E-state index contributed by atoms with van der Waals surface area (Å²) in [5.74, 6) is -8.67. The number of carbonyl (C=O) groups is 2. The number of Topliss-reactive ketones (excluding diaryl/α,β-unsaturated/α-hetero) is 2. The van der Waals surface area contributed by atoms with E-state index in [1.807, 2.05) is 0 Å². The zero-order chi connectivity index (χ0) is 23.0. The first kappa shape index (κ1) is 22.6. The molecule has 2 atom stereocenters. The van der Waals surface area contributed by atoms with Crippen molar-refractivity contribution in [3.8, 4) is 0 Å². The van der Waals surface area contributed by atoms with Crippen LogP contribution in [0.25, 0.3) is 0 Å². The minimum absolute atomic E-state index is 0.0454. The van der Waals surface area contributed by atoms with Crippen molar-refractivity contribution in [2.45, 2.75) is 63.3 Å². The molecule has 1 aliphatic carbocycles. The van der Waals surface area contributed by atoms with Crippen molar-refractivity contribution in [1.82, 2.24) is 4.90 Å². The molecule has 1 fully saturated rings. The molecule has 2 aliphatic rings. The fraction of sp³-hybridized carbons (Fsp3) is 0.417. The second kappa shape index (κ2) is 8.75. The summed E-state index contributed by atoms with van der Waals surface area (Å²) < 4.78 is 56.4. The van der Waals surface area contributed by atoms with Gasteiger partial charge < -0.3 is 5.11 Å². The van der Waals surface area contributed by atoms with Crippen LogP contribution in [0.3, 0.4) is 0 Å². The number of aryl methyl sites for hydroxylation is 1. The van der Waals surface area contributed by atoms with Gasteiger partial charge in [0.1, 0.15) is 29.2 Å². The lowest BCUT2D eigenvalue weighted by molar-refractivity contribution is -0.145. The Labute approximate surface area is 182 Å². The molecule has 0 saturated heterocycles. The normalized spacial score (nSPS) is 21.6. The van der Waals surface area contributed by atoms with Crippen LogP contribution in [0.4, 0.5) is 17.6 Å². The lowest BCUT2D eigenvalue weighted by Crippen LogP contribution is -2.41. The predicted octanol–water partition coefficient (Wildman–Crippen LogP) is 4.58.